The number of rotatable bonds is 6. The van der Waals surface area contributed by atoms with Gasteiger partial charge in [-0.15, -0.1) is 0 Å². The maximum atomic E-state index is 18.2. The quantitative estimate of drug-likeness (QED) is 0.166. The molecule has 0 saturated heterocycles. The van der Waals surface area contributed by atoms with E-state index in [1.165, 1.54) is 21.1 Å². The molecule has 3 heterocycles. The highest BCUT2D eigenvalue weighted by Gasteiger charge is 2.57. The second-order valence-electron chi connectivity index (χ2n) is 15.9. The molecular weight excluding hydrogens is 732 g/mol. The van der Waals surface area contributed by atoms with Gasteiger partial charge in [0.15, 0.2) is 5.88 Å². The van der Waals surface area contributed by atoms with Gasteiger partial charge < -0.3 is 9.47 Å². The molecule has 1 aromatic heterocycles. The smallest absolute Gasteiger partial charge is 0.441 e. The molecule has 0 amide bonds. The average molecular weight is 774 g/mol. The Hall–Kier alpha value is -4.84. The number of allylic oxidation sites excluding steroid dienone is 9. The maximum absolute atomic E-state index is 18.2. The first-order chi connectivity index (χ1) is 26.7. The lowest BCUT2D eigenvalue weighted by Gasteiger charge is -2.34. The van der Waals surface area contributed by atoms with Crippen LogP contribution >= 0.6 is 0 Å². The third-order valence-corrected chi connectivity index (χ3v) is 12.2. The molecular formula is C44H41BF7N2O2+. The van der Waals surface area contributed by atoms with E-state index in [1.807, 2.05) is 12.2 Å². The van der Waals surface area contributed by atoms with Crippen LogP contribution in [-0.2, 0) is 10.9 Å². The summed E-state index contributed by atoms with van der Waals surface area (Å²) in [7, 11) is -2.05. The third kappa shape index (κ3) is 6.94. The predicted octanol–water partition coefficient (Wildman–Crippen LogP) is 12.1. The molecule has 5 atom stereocenters. The molecule has 4 aliphatic carbocycles. The van der Waals surface area contributed by atoms with Crippen LogP contribution in [0.1, 0.15) is 101 Å². The standard InChI is InChI=1S/C44H41BF7N2O2/c1-26-12-4-7-19-33(26)36-24-38(55-31-17-10-15-29(22-31)43(46,47)48)53-41(36)40(35-21-9-6-14-28(35)3)42-37(34-20-8-5-13-27(34)2)25-39(54(42)45(53)52)56-32-18-11-16-30(23-32)44(49,50)51/h6,9,17-18,21-28,33-34H,4-5,7-8,12-14,19-20H2,1-3H3/q+1. The summed E-state index contributed by atoms with van der Waals surface area (Å²) in [5, 5.41) is 0. The Bertz CT molecular complexity index is 2240. The number of halogens is 7. The third-order valence-electron chi connectivity index (χ3n) is 12.2. The average Bonchev–Trinajstić information content (AvgIpc) is 3.71. The van der Waals surface area contributed by atoms with Gasteiger partial charge >= 0.3 is 25.5 Å². The normalized spacial score (nSPS) is 26.3. The van der Waals surface area contributed by atoms with E-state index >= 15 is 4.32 Å². The summed E-state index contributed by atoms with van der Waals surface area (Å²) in [5.74, 6) is 0.0807. The molecule has 12 heteroatoms. The van der Waals surface area contributed by atoms with Crippen LogP contribution in [0.5, 0.6) is 11.6 Å². The Kier molecular flexibility index (Phi) is 9.92. The van der Waals surface area contributed by atoms with Crippen molar-refractivity contribution in [2.75, 3.05) is 0 Å². The van der Waals surface area contributed by atoms with E-state index < -0.39 is 30.7 Å². The highest BCUT2D eigenvalue weighted by molar-refractivity contribution is 6.44. The fourth-order valence-corrected chi connectivity index (χ4v) is 9.32. The minimum atomic E-state index is -4.71. The van der Waals surface area contributed by atoms with E-state index in [2.05, 4.69) is 50.4 Å². The van der Waals surface area contributed by atoms with Crippen molar-refractivity contribution < 1.29 is 44.6 Å². The van der Waals surface area contributed by atoms with Crippen LogP contribution in [0, 0.1) is 35.8 Å². The fraction of sp³-hybridized carbons (Fsp3) is 0.432. The van der Waals surface area contributed by atoms with Crippen molar-refractivity contribution in [3.8, 4) is 11.6 Å². The Morgan fingerprint density at radius 2 is 1.57 bits per heavy atom. The molecule has 2 fully saturated rings. The van der Waals surface area contributed by atoms with Gasteiger partial charge in [0, 0.05) is 35.9 Å². The first kappa shape index (κ1) is 38.1. The molecule has 6 aliphatic rings. The van der Waals surface area contributed by atoms with Crippen LogP contribution in [0.4, 0.5) is 30.7 Å². The van der Waals surface area contributed by atoms with Gasteiger partial charge in [-0.05, 0) is 60.0 Å². The summed E-state index contributed by atoms with van der Waals surface area (Å²) in [6.45, 7) is 6.47. The van der Waals surface area contributed by atoms with E-state index in [1.54, 1.807) is 12.1 Å². The molecule has 0 radical (unpaired) electrons. The zero-order chi connectivity index (χ0) is 39.5. The monoisotopic (exact) mass is 773 g/mol. The van der Waals surface area contributed by atoms with Gasteiger partial charge in [-0.2, -0.15) is 30.8 Å². The molecule has 2 saturated carbocycles. The number of alkyl halides is 6. The minimum Gasteiger partial charge on any atom is -0.441 e. The number of aromatic nitrogens is 1. The Morgan fingerprint density at radius 1 is 0.857 bits per heavy atom. The van der Waals surface area contributed by atoms with E-state index in [0.29, 0.717) is 11.4 Å². The van der Waals surface area contributed by atoms with Crippen molar-refractivity contribution in [2.24, 2.45) is 23.7 Å². The summed E-state index contributed by atoms with van der Waals surface area (Å²) >= 11 is 0. The highest BCUT2D eigenvalue weighted by Crippen LogP contribution is 2.53. The van der Waals surface area contributed by atoms with Gasteiger partial charge in [0.2, 0.25) is 5.70 Å². The fourth-order valence-electron chi connectivity index (χ4n) is 9.32. The summed E-state index contributed by atoms with van der Waals surface area (Å²) in [4.78, 5) is 0. The van der Waals surface area contributed by atoms with Gasteiger partial charge in [-0.1, -0.05) is 101 Å². The van der Waals surface area contributed by atoms with Crippen LogP contribution in [0.25, 0.3) is 5.57 Å². The largest absolute Gasteiger partial charge is 0.852 e. The lowest BCUT2D eigenvalue weighted by atomic mass is 9.71. The van der Waals surface area contributed by atoms with E-state index in [-0.39, 0.29) is 52.9 Å². The molecule has 290 valence electrons. The molecule has 0 spiro atoms. The highest BCUT2D eigenvalue weighted by atomic mass is 19.4. The van der Waals surface area contributed by atoms with Crippen molar-refractivity contribution in [1.82, 2.24) is 4.48 Å². The Balaban J connectivity index is 1.40. The number of fused-ring (bicyclic) bond motifs is 2. The number of hydrogen-bond acceptors (Lipinski definition) is 2. The molecule has 56 heavy (non-hydrogen) atoms. The molecule has 0 N–H and O–H groups in total. The van der Waals surface area contributed by atoms with Crippen molar-refractivity contribution in [2.45, 2.75) is 96.8 Å². The second-order valence-corrected chi connectivity index (χ2v) is 15.9. The minimum absolute atomic E-state index is 0.00191. The van der Waals surface area contributed by atoms with Gasteiger partial charge in [-0.3, -0.25) is 4.48 Å². The molecule has 4 nitrogen and oxygen atoms in total. The van der Waals surface area contributed by atoms with E-state index in [9.17, 15) is 26.3 Å². The van der Waals surface area contributed by atoms with Gasteiger partial charge in [0.25, 0.3) is 0 Å². The van der Waals surface area contributed by atoms with Crippen molar-refractivity contribution in [1.29, 1.82) is 0 Å². The van der Waals surface area contributed by atoms with Crippen LogP contribution in [0.3, 0.4) is 0 Å². The van der Waals surface area contributed by atoms with Crippen molar-refractivity contribution >= 4 is 18.7 Å². The lowest BCUT2D eigenvalue weighted by molar-refractivity contribution is -0.348. The zero-order valence-corrected chi connectivity index (χ0v) is 31.4. The number of ether oxygens (including phenoxy) is 2. The molecule has 5 unspecified atom stereocenters. The molecule has 8 rings (SSSR count). The second kappa shape index (κ2) is 14.6. The molecule has 1 aromatic carbocycles. The van der Waals surface area contributed by atoms with Gasteiger partial charge in [-0.25, -0.2) is 4.32 Å². The number of nitrogens with zero attached hydrogens (tertiary/aromatic N) is 2. The Labute approximate surface area is 322 Å². The van der Waals surface area contributed by atoms with Crippen LogP contribution in [0.15, 0.2) is 94.3 Å². The van der Waals surface area contributed by atoms with Crippen LogP contribution in [0.2, 0.25) is 0 Å². The summed E-state index contributed by atoms with van der Waals surface area (Å²) < 4.78 is 116. The predicted molar refractivity (Wildman–Crippen MR) is 199 cm³/mol. The Morgan fingerprint density at radius 3 is 2.25 bits per heavy atom. The maximum Gasteiger partial charge on any atom is 0.852 e. The number of hydrogen-bond donors (Lipinski definition) is 0. The first-order valence-electron chi connectivity index (χ1n) is 19.5. The van der Waals surface area contributed by atoms with Gasteiger partial charge in [0.05, 0.1) is 17.3 Å². The van der Waals surface area contributed by atoms with Crippen LogP contribution in [-0.4, -0.2) is 28.3 Å². The molecule has 2 aromatic rings. The topological polar surface area (TPSA) is 26.4 Å². The first-order valence-corrected chi connectivity index (χ1v) is 19.5. The lowest BCUT2D eigenvalue weighted by Crippen LogP contribution is -2.42. The SMILES string of the molecule is CC1CC=CC=C1C1=C2C(C3CCCCC3C)=CC(OC3=CC(C(F)(F)F)=C=C=C3)=[N+]2B(F)n2c(Oc3cc#cc(C(F)(F)F)c3)cc(C3CCCCC3C)c21. The molecule has 0 bridgehead atoms. The van der Waals surface area contributed by atoms with Crippen LogP contribution < -0.4 is 4.74 Å². The van der Waals surface area contributed by atoms with Gasteiger partial charge in [0.1, 0.15) is 22.6 Å². The molecule has 2 aliphatic heterocycles. The zero-order valence-electron chi connectivity index (χ0n) is 31.4. The summed E-state index contributed by atoms with van der Waals surface area (Å²) in [5.41, 5.74) is 6.97. The van der Waals surface area contributed by atoms with E-state index in [4.69, 9.17) is 9.47 Å². The van der Waals surface area contributed by atoms with E-state index in [0.717, 1.165) is 92.2 Å². The van der Waals surface area contributed by atoms with Crippen molar-refractivity contribution in [3.05, 3.63) is 123 Å². The summed E-state index contributed by atoms with van der Waals surface area (Å²) in [6.07, 6.45) is 8.87. The van der Waals surface area contributed by atoms with Crippen molar-refractivity contribution in [3.63, 3.8) is 0 Å². The summed E-state index contributed by atoms with van der Waals surface area (Å²) in [6, 6.07) is 8.31.